The standard InChI is InChI=1S/C23H20F3NO5S/c1-29-21(28)12-31-18-8-9-20(22-17(18)3-2-10-30-22)33-13-16-11-19(32-27-16)14-4-6-15(7-5-14)23(24,25)26/h4-9,11H,2-3,10,12-13H2,1H3. The Labute approximate surface area is 192 Å². The highest BCUT2D eigenvalue weighted by atomic mass is 32.2. The van der Waals surface area contributed by atoms with Crippen LogP contribution in [0, 0.1) is 0 Å². The number of ether oxygens (including phenoxy) is 3. The summed E-state index contributed by atoms with van der Waals surface area (Å²) >= 11 is 1.50. The van der Waals surface area contributed by atoms with Crippen molar-refractivity contribution >= 4 is 17.7 Å². The van der Waals surface area contributed by atoms with Gasteiger partial charge in [-0.1, -0.05) is 17.3 Å². The number of rotatable bonds is 7. The van der Waals surface area contributed by atoms with Crippen LogP contribution < -0.4 is 9.47 Å². The van der Waals surface area contributed by atoms with E-state index in [9.17, 15) is 18.0 Å². The van der Waals surface area contributed by atoms with E-state index >= 15 is 0 Å². The van der Waals surface area contributed by atoms with Crippen LogP contribution in [0.4, 0.5) is 13.2 Å². The number of halogens is 3. The van der Waals surface area contributed by atoms with Gasteiger partial charge in [0.1, 0.15) is 11.5 Å². The lowest BCUT2D eigenvalue weighted by molar-refractivity contribution is -0.143. The largest absolute Gasteiger partial charge is 0.492 e. The van der Waals surface area contributed by atoms with Crippen molar-refractivity contribution in [2.45, 2.75) is 29.7 Å². The summed E-state index contributed by atoms with van der Waals surface area (Å²) < 4.78 is 59.7. The van der Waals surface area contributed by atoms with Crippen molar-refractivity contribution in [3.63, 3.8) is 0 Å². The molecule has 6 nitrogen and oxygen atoms in total. The number of carbonyl (C=O) groups excluding carboxylic acids is 1. The van der Waals surface area contributed by atoms with Crippen molar-refractivity contribution < 1.29 is 36.7 Å². The Morgan fingerprint density at radius 1 is 1.18 bits per heavy atom. The van der Waals surface area contributed by atoms with Gasteiger partial charge >= 0.3 is 12.1 Å². The molecular weight excluding hydrogens is 459 g/mol. The van der Waals surface area contributed by atoms with Crippen LogP contribution in [0.5, 0.6) is 11.5 Å². The number of alkyl halides is 3. The molecule has 174 valence electrons. The van der Waals surface area contributed by atoms with Gasteiger partial charge in [0.05, 0.1) is 29.9 Å². The number of carbonyl (C=O) groups is 1. The minimum Gasteiger partial charge on any atom is -0.492 e. The molecule has 0 bridgehead atoms. The summed E-state index contributed by atoms with van der Waals surface area (Å²) in [6, 6.07) is 10.1. The quantitative estimate of drug-likeness (QED) is 0.326. The average Bonchev–Trinajstić information content (AvgIpc) is 3.30. The lowest BCUT2D eigenvalue weighted by atomic mass is 10.1. The van der Waals surface area contributed by atoms with Gasteiger partial charge in [0, 0.05) is 22.9 Å². The molecule has 0 amide bonds. The molecule has 0 atom stereocenters. The molecule has 2 heterocycles. The minimum absolute atomic E-state index is 0.179. The molecule has 2 aromatic carbocycles. The van der Waals surface area contributed by atoms with Gasteiger partial charge in [-0.3, -0.25) is 0 Å². The van der Waals surface area contributed by atoms with E-state index in [0.29, 0.717) is 35.1 Å². The second-order valence-corrected chi connectivity index (χ2v) is 8.25. The molecule has 1 aromatic heterocycles. The first kappa shape index (κ1) is 23.0. The Morgan fingerprint density at radius 2 is 1.97 bits per heavy atom. The Hall–Kier alpha value is -3.14. The van der Waals surface area contributed by atoms with Crippen molar-refractivity contribution in [3.8, 4) is 22.8 Å². The summed E-state index contributed by atoms with van der Waals surface area (Å²) in [6.45, 7) is 0.407. The molecule has 0 aliphatic carbocycles. The fraction of sp³-hybridized carbons (Fsp3) is 0.304. The zero-order chi connectivity index (χ0) is 23.4. The van der Waals surface area contributed by atoms with Gasteiger partial charge in [-0.05, 0) is 37.1 Å². The number of hydrogen-bond donors (Lipinski definition) is 0. The first-order valence-electron chi connectivity index (χ1n) is 10.1. The number of aromatic nitrogens is 1. The highest BCUT2D eigenvalue weighted by Crippen LogP contribution is 2.42. The molecule has 33 heavy (non-hydrogen) atoms. The molecular formula is C23H20F3NO5S. The molecule has 0 N–H and O–H groups in total. The van der Waals surface area contributed by atoms with Crippen LogP contribution in [-0.2, 0) is 27.9 Å². The molecule has 0 saturated heterocycles. The molecule has 1 aliphatic heterocycles. The fourth-order valence-electron chi connectivity index (χ4n) is 3.34. The van der Waals surface area contributed by atoms with Crippen LogP contribution in [0.1, 0.15) is 23.2 Å². The van der Waals surface area contributed by atoms with Crippen LogP contribution in [0.15, 0.2) is 51.9 Å². The zero-order valence-corrected chi connectivity index (χ0v) is 18.4. The van der Waals surface area contributed by atoms with Gasteiger partial charge in [0.2, 0.25) is 0 Å². The van der Waals surface area contributed by atoms with Crippen LogP contribution in [0.2, 0.25) is 0 Å². The van der Waals surface area contributed by atoms with E-state index in [0.717, 1.165) is 41.2 Å². The summed E-state index contributed by atoms with van der Waals surface area (Å²) in [4.78, 5) is 12.3. The van der Waals surface area contributed by atoms with Crippen molar-refractivity contribution in [1.29, 1.82) is 0 Å². The number of nitrogens with zero attached hydrogens (tertiary/aromatic N) is 1. The number of methoxy groups -OCH3 is 1. The lowest BCUT2D eigenvalue weighted by Gasteiger charge is -2.22. The van der Waals surface area contributed by atoms with Crippen LogP contribution in [0.3, 0.4) is 0 Å². The van der Waals surface area contributed by atoms with Crippen LogP contribution >= 0.6 is 11.8 Å². The third kappa shape index (κ3) is 5.44. The van der Waals surface area contributed by atoms with Crippen molar-refractivity contribution in [2.75, 3.05) is 20.3 Å². The van der Waals surface area contributed by atoms with E-state index in [2.05, 4.69) is 9.89 Å². The van der Waals surface area contributed by atoms with Gasteiger partial charge in [0.15, 0.2) is 12.4 Å². The Kier molecular flexibility index (Phi) is 6.83. The van der Waals surface area contributed by atoms with Crippen molar-refractivity contribution in [2.24, 2.45) is 0 Å². The maximum Gasteiger partial charge on any atom is 0.416 e. The summed E-state index contributed by atoms with van der Waals surface area (Å²) in [5.41, 5.74) is 1.34. The number of benzene rings is 2. The van der Waals surface area contributed by atoms with E-state index in [1.54, 1.807) is 12.1 Å². The third-order valence-electron chi connectivity index (χ3n) is 5.00. The topological polar surface area (TPSA) is 70.8 Å². The highest BCUT2D eigenvalue weighted by molar-refractivity contribution is 7.98. The fourth-order valence-corrected chi connectivity index (χ4v) is 4.26. The highest BCUT2D eigenvalue weighted by Gasteiger charge is 2.30. The Bertz CT molecular complexity index is 1130. The van der Waals surface area contributed by atoms with Gasteiger partial charge in [-0.15, -0.1) is 11.8 Å². The van der Waals surface area contributed by atoms with E-state index in [4.69, 9.17) is 14.0 Å². The number of fused-ring (bicyclic) bond motifs is 1. The van der Waals surface area contributed by atoms with E-state index in [-0.39, 0.29) is 6.61 Å². The molecule has 10 heteroatoms. The Morgan fingerprint density at radius 3 is 2.70 bits per heavy atom. The van der Waals surface area contributed by atoms with Crippen molar-refractivity contribution in [3.05, 3.63) is 59.3 Å². The zero-order valence-electron chi connectivity index (χ0n) is 17.6. The summed E-state index contributed by atoms with van der Waals surface area (Å²) in [5, 5.41) is 4.03. The first-order valence-corrected chi connectivity index (χ1v) is 11.1. The summed E-state index contributed by atoms with van der Waals surface area (Å²) in [5.74, 6) is 1.71. The monoisotopic (exact) mass is 479 g/mol. The van der Waals surface area contributed by atoms with E-state index < -0.39 is 17.7 Å². The van der Waals surface area contributed by atoms with Gasteiger partial charge < -0.3 is 18.7 Å². The second kappa shape index (κ2) is 9.78. The molecule has 0 saturated carbocycles. The Balaban J connectivity index is 1.45. The normalized spacial score (nSPS) is 13.2. The predicted octanol–water partition coefficient (Wildman–Crippen LogP) is 5.53. The van der Waals surface area contributed by atoms with Gasteiger partial charge in [-0.2, -0.15) is 13.2 Å². The molecule has 0 unspecified atom stereocenters. The average molecular weight is 479 g/mol. The third-order valence-corrected chi connectivity index (χ3v) is 6.08. The second-order valence-electron chi connectivity index (χ2n) is 7.23. The molecule has 0 spiro atoms. The van der Waals surface area contributed by atoms with Crippen LogP contribution in [-0.4, -0.2) is 31.4 Å². The molecule has 0 radical (unpaired) electrons. The molecule has 1 aliphatic rings. The van der Waals surface area contributed by atoms with E-state index in [1.807, 2.05) is 6.07 Å². The maximum atomic E-state index is 12.8. The summed E-state index contributed by atoms with van der Waals surface area (Å²) in [7, 11) is 1.30. The smallest absolute Gasteiger partial charge is 0.416 e. The van der Waals surface area contributed by atoms with Crippen molar-refractivity contribution in [1.82, 2.24) is 5.16 Å². The summed E-state index contributed by atoms with van der Waals surface area (Å²) in [6.07, 6.45) is -2.78. The van der Waals surface area contributed by atoms with Crippen LogP contribution in [0.25, 0.3) is 11.3 Å². The number of esters is 1. The van der Waals surface area contributed by atoms with E-state index in [1.165, 1.54) is 31.0 Å². The number of hydrogen-bond acceptors (Lipinski definition) is 7. The maximum absolute atomic E-state index is 12.8. The molecule has 3 aromatic rings. The molecule has 0 fully saturated rings. The minimum atomic E-state index is -4.39. The first-order chi connectivity index (χ1) is 15.8. The SMILES string of the molecule is COC(=O)COc1ccc(SCc2cc(-c3ccc(C(F)(F)F)cc3)on2)c2c1CCCO2. The van der Waals surface area contributed by atoms with Gasteiger partial charge in [0.25, 0.3) is 0 Å². The lowest BCUT2D eigenvalue weighted by Crippen LogP contribution is -2.15. The predicted molar refractivity (Wildman–Crippen MR) is 114 cm³/mol. The molecule has 4 rings (SSSR count). The van der Waals surface area contributed by atoms with Gasteiger partial charge in [-0.25, -0.2) is 4.79 Å². The number of thioether (sulfide) groups is 1.